The molecule has 0 radical (unpaired) electrons. The van der Waals surface area contributed by atoms with Crippen LogP contribution in [-0.4, -0.2) is 36.0 Å². The maximum Gasteiger partial charge on any atom is 0.277 e. The smallest absolute Gasteiger partial charge is 0.277 e. The molecule has 8 nitrogen and oxygen atoms in total. The average Bonchev–Trinajstić information content (AvgIpc) is 2.85. The van der Waals surface area contributed by atoms with E-state index in [0.29, 0.717) is 0 Å². The molecule has 20 heavy (non-hydrogen) atoms. The molecule has 0 unspecified atom stereocenters. The quantitative estimate of drug-likeness (QED) is 0.780. The molecular weight excluding hydrogens is 306 g/mol. The summed E-state index contributed by atoms with van der Waals surface area (Å²) in [6, 6.07) is 4.35. The predicted molar refractivity (Wildman–Crippen MR) is 74.3 cm³/mol. The van der Waals surface area contributed by atoms with E-state index in [1.807, 2.05) is 0 Å². The Labute approximate surface area is 119 Å². The van der Waals surface area contributed by atoms with Crippen LogP contribution in [0.15, 0.2) is 24.4 Å². The first-order valence-corrected chi connectivity index (χ1v) is 7.56. The lowest BCUT2D eigenvalue weighted by molar-refractivity contribution is 0.102. The highest BCUT2D eigenvalue weighted by Crippen LogP contribution is 2.26. The van der Waals surface area contributed by atoms with E-state index in [1.54, 1.807) is 0 Å². The molecule has 0 bridgehead atoms. The molecule has 0 aliphatic heterocycles. The molecule has 106 valence electrons. The summed E-state index contributed by atoms with van der Waals surface area (Å²) in [4.78, 5) is 11.8. The van der Waals surface area contributed by atoms with Crippen molar-refractivity contribution in [2.75, 3.05) is 16.3 Å². The molecule has 3 N–H and O–H groups in total. The third kappa shape index (κ3) is 3.68. The minimum atomic E-state index is -3.41. The van der Waals surface area contributed by atoms with Gasteiger partial charge in [0.2, 0.25) is 10.0 Å². The van der Waals surface area contributed by atoms with Gasteiger partial charge in [-0.1, -0.05) is 11.6 Å². The largest absolute Gasteiger partial charge is 0.319 e. The zero-order valence-corrected chi connectivity index (χ0v) is 11.8. The van der Waals surface area contributed by atoms with Crippen LogP contribution in [0.1, 0.15) is 10.5 Å². The number of nitrogens with one attached hydrogen (secondary N) is 3. The Kier molecular flexibility index (Phi) is 3.91. The Morgan fingerprint density at radius 2 is 2.15 bits per heavy atom. The summed E-state index contributed by atoms with van der Waals surface area (Å²) < 4.78 is 24.6. The number of halogens is 1. The number of aromatic nitrogens is 3. The molecule has 0 saturated carbocycles. The number of hydrogen-bond acceptors (Lipinski definition) is 5. The van der Waals surface area contributed by atoms with Crippen molar-refractivity contribution in [3.8, 4) is 0 Å². The van der Waals surface area contributed by atoms with Crippen molar-refractivity contribution in [2.45, 2.75) is 0 Å². The number of hydrogen-bond donors (Lipinski definition) is 3. The van der Waals surface area contributed by atoms with Crippen LogP contribution in [0, 0.1) is 0 Å². The first kappa shape index (κ1) is 14.3. The van der Waals surface area contributed by atoms with Crippen LogP contribution >= 0.6 is 11.6 Å². The standard InChI is InChI=1S/C10H10ClN5O3S/c1-20(18,19)15-6-2-3-7(11)8(4-6)13-10(17)9-5-12-16-14-9/h2-5,15H,1H3,(H,13,17)(H,12,14,16). The second-order valence-corrected chi connectivity index (χ2v) is 6.03. The Morgan fingerprint density at radius 1 is 1.40 bits per heavy atom. The summed E-state index contributed by atoms with van der Waals surface area (Å²) in [7, 11) is -3.41. The Balaban J connectivity index is 2.23. The molecule has 0 atom stereocenters. The number of rotatable bonds is 4. The minimum Gasteiger partial charge on any atom is -0.319 e. The van der Waals surface area contributed by atoms with Gasteiger partial charge in [-0.05, 0) is 18.2 Å². The fourth-order valence-electron chi connectivity index (χ4n) is 1.40. The summed E-state index contributed by atoms with van der Waals surface area (Å²) >= 11 is 5.94. The second-order valence-electron chi connectivity index (χ2n) is 3.88. The first-order chi connectivity index (χ1) is 9.35. The monoisotopic (exact) mass is 315 g/mol. The fraction of sp³-hybridized carbons (Fsp3) is 0.100. The summed E-state index contributed by atoms with van der Waals surface area (Å²) in [6.07, 6.45) is 2.27. The van der Waals surface area contributed by atoms with Crippen molar-refractivity contribution >= 4 is 38.9 Å². The van der Waals surface area contributed by atoms with Gasteiger partial charge in [0.15, 0.2) is 5.69 Å². The number of nitrogens with zero attached hydrogens (tertiary/aromatic N) is 2. The fourth-order valence-corrected chi connectivity index (χ4v) is 2.12. The van der Waals surface area contributed by atoms with Crippen molar-refractivity contribution in [1.29, 1.82) is 0 Å². The number of benzene rings is 1. The number of sulfonamides is 1. The van der Waals surface area contributed by atoms with Crippen molar-refractivity contribution < 1.29 is 13.2 Å². The molecule has 0 aliphatic rings. The van der Waals surface area contributed by atoms with Gasteiger partial charge in [-0.15, -0.1) is 0 Å². The number of H-pyrrole nitrogens is 1. The average molecular weight is 316 g/mol. The van der Waals surface area contributed by atoms with E-state index in [9.17, 15) is 13.2 Å². The molecule has 0 spiro atoms. The maximum atomic E-state index is 11.8. The van der Waals surface area contributed by atoms with Crippen LogP contribution in [0.4, 0.5) is 11.4 Å². The summed E-state index contributed by atoms with van der Waals surface area (Å²) in [5.74, 6) is -0.517. The highest BCUT2D eigenvalue weighted by molar-refractivity contribution is 7.92. The topological polar surface area (TPSA) is 117 Å². The first-order valence-electron chi connectivity index (χ1n) is 5.29. The van der Waals surface area contributed by atoms with E-state index in [0.717, 1.165) is 6.26 Å². The number of amides is 1. The lowest BCUT2D eigenvalue weighted by Gasteiger charge is -2.09. The van der Waals surface area contributed by atoms with Crippen LogP contribution in [0.25, 0.3) is 0 Å². The normalized spacial score (nSPS) is 11.1. The van der Waals surface area contributed by atoms with E-state index in [-0.39, 0.29) is 22.1 Å². The molecule has 0 saturated heterocycles. The van der Waals surface area contributed by atoms with Crippen LogP contribution in [0.5, 0.6) is 0 Å². The number of anilines is 2. The molecule has 1 aromatic carbocycles. The van der Waals surface area contributed by atoms with E-state index in [4.69, 9.17) is 11.6 Å². The van der Waals surface area contributed by atoms with Crippen molar-refractivity contribution in [2.24, 2.45) is 0 Å². The van der Waals surface area contributed by atoms with Gasteiger partial charge in [0.25, 0.3) is 5.91 Å². The predicted octanol–water partition coefficient (Wildman–Crippen LogP) is 1.08. The summed E-state index contributed by atoms with van der Waals surface area (Å²) in [5, 5.41) is 12.2. The van der Waals surface area contributed by atoms with Gasteiger partial charge in [-0.2, -0.15) is 15.4 Å². The van der Waals surface area contributed by atoms with Crippen molar-refractivity contribution in [3.63, 3.8) is 0 Å². The third-order valence-electron chi connectivity index (χ3n) is 2.17. The van der Waals surface area contributed by atoms with E-state index >= 15 is 0 Å². The zero-order valence-electron chi connectivity index (χ0n) is 10.2. The molecular formula is C10H10ClN5O3S. The number of aromatic amines is 1. The second kappa shape index (κ2) is 5.47. The molecule has 1 heterocycles. The Bertz CT molecular complexity index is 729. The van der Waals surface area contributed by atoms with Crippen molar-refractivity contribution in [1.82, 2.24) is 15.4 Å². The number of carbonyl (C=O) groups is 1. The van der Waals surface area contributed by atoms with E-state index in [2.05, 4.69) is 25.4 Å². The Morgan fingerprint density at radius 3 is 2.75 bits per heavy atom. The molecule has 0 aliphatic carbocycles. The van der Waals surface area contributed by atoms with E-state index < -0.39 is 15.9 Å². The highest BCUT2D eigenvalue weighted by Gasteiger charge is 2.12. The Hall–Kier alpha value is -2.13. The highest BCUT2D eigenvalue weighted by atomic mass is 35.5. The third-order valence-corrected chi connectivity index (χ3v) is 3.10. The van der Waals surface area contributed by atoms with Gasteiger partial charge >= 0.3 is 0 Å². The lowest BCUT2D eigenvalue weighted by atomic mass is 10.2. The molecule has 2 rings (SSSR count). The minimum absolute atomic E-state index is 0.0857. The lowest BCUT2D eigenvalue weighted by Crippen LogP contribution is -2.14. The van der Waals surface area contributed by atoms with Gasteiger partial charge in [0.1, 0.15) is 0 Å². The van der Waals surface area contributed by atoms with Crippen LogP contribution in [0.3, 0.4) is 0 Å². The summed E-state index contributed by atoms with van der Waals surface area (Å²) in [5.41, 5.74) is 0.628. The van der Waals surface area contributed by atoms with Gasteiger partial charge in [-0.25, -0.2) is 8.42 Å². The maximum absolute atomic E-state index is 11.8. The van der Waals surface area contributed by atoms with Crippen LogP contribution in [-0.2, 0) is 10.0 Å². The van der Waals surface area contributed by atoms with Gasteiger partial charge in [0.05, 0.1) is 28.9 Å². The summed E-state index contributed by atoms with van der Waals surface area (Å²) in [6.45, 7) is 0. The number of carbonyl (C=O) groups excluding carboxylic acids is 1. The van der Waals surface area contributed by atoms with Crippen molar-refractivity contribution in [3.05, 3.63) is 35.1 Å². The zero-order chi connectivity index (χ0) is 14.8. The van der Waals surface area contributed by atoms with E-state index in [1.165, 1.54) is 24.4 Å². The molecule has 0 fully saturated rings. The molecule has 1 aromatic heterocycles. The van der Waals surface area contributed by atoms with Gasteiger partial charge in [0, 0.05) is 0 Å². The van der Waals surface area contributed by atoms with Gasteiger partial charge < -0.3 is 5.32 Å². The van der Waals surface area contributed by atoms with Gasteiger partial charge in [-0.3, -0.25) is 9.52 Å². The van der Waals surface area contributed by atoms with Crippen LogP contribution in [0.2, 0.25) is 5.02 Å². The van der Waals surface area contributed by atoms with Crippen LogP contribution < -0.4 is 10.0 Å². The SMILES string of the molecule is CS(=O)(=O)Nc1ccc(Cl)c(NC(=O)c2cn[nH]n2)c1. The molecule has 10 heteroatoms. The molecule has 2 aromatic rings. The molecule has 1 amide bonds.